The summed E-state index contributed by atoms with van der Waals surface area (Å²) in [6, 6.07) is 15.2. The van der Waals surface area contributed by atoms with E-state index in [0.29, 0.717) is 31.6 Å². The van der Waals surface area contributed by atoms with Gasteiger partial charge in [-0.1, -0.05) is 62.6 Å². The Balaban J connectivity index is 1.65. The van der Waals surface area contributed by atoms with Crippen molar-refractivity contribution in [3.63, 3.8) is 0 Å². The molecule has 1 aliphatic rings. The molecule has 0 radical (unpaired) electrons. The van der Waals surface area contributed by atoms with Crippen LogP contribution >= 0.6 is 0 Å². The zero-order valence-electron chi connectivity index (χ0n) is 18.5. The van der Waals surface area contributed by atoms with Crippen molar-refractivity contribution in [1.29, 1.82) is 0 Å². The van der Waals surface area contributed by atoms with E-state index >= 15 is 0 Å². The van der Waals surface area contributed by atoms with Crippen LogP contribution < -0.4 is 4.74 Å². The quantitative estimate of drug-likeness (QED) is 0.286. The van der Waals surface area contributed by atoms with Crippen molar-refractivity contribution in [1.82, 2.24) is 0 Å². The molecule has 0 saturated heterocycles. The topological polar surface area (TPSA) is 35.5 Å². The Morgan fingerprint density at radius 1 is 1.09 bits per heavy atom. The van der Waals surface area contributed by atoms with Gasteiger partial charge in [0.15, 0.2) is 6.10 Å². The average molecular weight is 449 g/mol. The van der Waals surface area contributed by atoms with Crippen LogP contribution in [-0.4, -0.2) is 18.2 Å². The second-order valence-electron chi connectivity index (χ2n) is 8.40. The Hall–Kier alpha value is -2.50. The molecule has 0 amide bonds. The SMILES string of the molecule is CCCCCC[C@@H](OC(=O)C1CCCc2cc(OCc3ccccc3)ccc21)C(F)(F)F. The molecule has 0 aromatic heterocycles. The lowest BCUT2D eigenvalue weighted by Gasteiger charge is -2.27. The first-order chi connectivity index (χ1) is 15.4. The minimum Gasteiger partial charge on any atom is -0.489 e. The molecule has 2 atom stereocenters. The highest BCUT2D eigenvalue weighted by Crippen LogP contribution is 2.36. The van der Waals surface area contributed by atoms with Gasteiger partial charge in [-0.25, -0.2) is 0 Å². The molecule has 3 rings (SSSR count). The fourth-order valence-electron chi connectivity index (χ4n) is 4.13. The standard InChI is InChI=1S/C26H31F3O3/c1-2-3-4-8-14-24(26(27,28)29)32-25(30)23-13-9-12-20-17-21(15-16-22(20)23)31-18-19-10-6-5-7-11-19/h5-7,10-11,15-17,23-24H,2-4,8-9,12-14,18H2,1H3/t23?,24-/m1/s1. The molecule has 2 aromatic carbocycles. The minimum atomic E-state index is -4.55. The smallest absolute Gasteiger partial charge is 0.425 e. The van der Waals surface area contributed by atoms with Crippen molar-refractivity contribution in [3.8, 4) is 5.75 Å². The van der Waals surface area contributed by atoms with Crippen LogP contribution in [0, 0.1) is 0 Å². The Kier molecular flexibility index (Phi) is 8.60. The van der Waals surface area contributed by atoms with Crippen LogP contribution in [0.3, 0.4) is 0 Å². The molecule has 0 N–H and O–H groups in total. The molecule has 0 saturated carbocycles. The van der Waals surface area contributed by atoms with E-state index in [1.54, 1.807) is 12.1 Å². The van der Waals surface area contributed by atoms with E-state index in [1.807, 2.05) is 43.3 Å². The maximum Gasteiger partial charge on any atom is 0.425 e. The molecule has 1 unspecified atom stereocenters. The number of halogens is 3. The molecular weight excluding hydrogens is 417 g/mol. The number of aryl methyl sites for hydroxylation is 1. The fraction of sp³-hybridized carbons (Fsp3) is 0.500. The van der Waals surface area contributed by atoms with Gasteiger partial charge in [0.05, 0.1) is 5.92 Å². The van der Waals surface area contributed by atoms with E-state index in [9.17, 15) is 18.0 Å². The third-order valence-electron chi connectivity index (χ3n) is 5.90. The summed E-state index contributed by atoms with van der Waals surface area (Å²) < 4.78 is 51.2. The van der Waals surface area contributed by atoms with Gasteiger partial charge in [-0.05, 0) is 60.9 Å². The largest absolute Gasteiger partial charge is 0.489 e. The maximum absolute atomic E-state index is 13.4. The van der Waals surface area contributed by atoms with Gasteiger partial charge in [-0.15, -0.1) is 0 Å². The Labute approximate surface area is 187 Å². The molecule has 32 heavy (non-hydrogen) atoms. The summed E-state index contributed by atoms with van der Waals surface area (Å²) in [5.74, 6) is -0.755. The number of ether oxygens (including phenoxy) is 2. The van der Waals surface area contributed by atoms with Crippen LogP contribution in [0.1, 0.15) is 74.5 Å². The number of esters is 1. The number of rotatable bonds is 10. The van der Waals surface area contributed by atoms with Crippen molar-refractivity contribution in [2.45, 2.75) is 83.1 Å². The highest BCUT2D eigenvalue weighted by atomic mass is 19.4. The van der Waals surface area contributed by atoms with E-state index in [1.165, 1.54) is 0 Å². The van der Waals surface area contributed by atoms with Crippen LogP contribution in [0.5, 0.6) is 5.75 Å². The number of fused-ring (bicyclic) bond motifs is 1. The highest BCUT2D eigenvalue weighted by Gasteiger charge is 2.43. The molecule has 1 aliphatic carbocycles. The zero-order chi connectivity index (χ0) is 23.0. The van der Waals surface area contributed by atoms with Gasteiger partial charge < -0.3 is 9.47 Å². The van der Waals surface area contributed by atoms with E-state index < -0.39 is 24.2 Å². The van der Waals surface area contributed by atoms with Crippen LogP contribution in [-0.2, 0) is 22.6 Å². The fourth-order valence-corrected chi connectivity index (χ4v) is 4.13. The molecule has 2 aromatic rings. The first kappa shape index (κ1) is 24.1. The number of carbonyl (C=O) groups is 1. The van der Waals surface area contributed by atoms with Crippen molar-refractivity contribution >= 4 is 5.97 Å². The Morgan fingerprint density at radius 2 is 1.88 bits per heavy atom. The lowest BCUT2D eigenvalue weighted by molar-refractivity contribution is -0.223. The summed E-state index contributed by atoms with van der Waals surface area (Å²) >= 11 is 0. The van der Waals surface area contributed by atoms with Crippen molar-refractivity contribution in [2.75, 3.05) is 0 Å². The Bertz CT molecular complexity index is 864. The molecule has 0 aliphatic heterocycles. The normalized spacial score (nSPS) is 16.8. The van der Waals surface area contributed by atoms with Gasteiger partial charge in [0.1, 0.15) is 12.4 Å². The predicted octanol–water partition coefficient (Wildman–Crippen LogP) is 7.13. The first-order valence-electron chi connectivity index (χ1n) is 11.4. The highest BCUT2D eigenvalue weighted by molar-refractivity contribution is 5.79. The van der Waals surface area contributed by atoms with Crippen LogP contribution in [0.15, 0.2) is 48.5 Å². The summed E-state index contributed by atoms with van der Waals surface area (Å²) in [6.45, 7) is 2.43. The number of hydrogen-bond acceptors (Lipinski definition) is 3. The van der Waals surface area contributed by atoms with Gasteiger partial charge >= 0.3 is 12.1 Å². The molecule has 0 bridgehead atoms. The van der Waals surface area contributed by atoms with Crippen molar-refractivity contribution < 1.29 is 27.4 Å². The summed E-state index contributed by atoms with van der Waals surface area (Å²) in [6.07, 6.45) is -1.86. The lowest BCUT2D eigenvalue weighted by Crippen LogP contribution is -2.36. The number of hydrogen-bond donors (Lipinski definition) is 0. The van der Waals surface area contributed by atoms with E-state index in [0.717, 1.165) is 42.4 Å². The third-order valence-corrected chi connectivity index (χ3v) is 5.90. The summed E-state index contributed by atoms with van der Waals surface area (Å²) in [7, 11) is 0. The predicted molar refractivity (Wildman–Crippen MR) is 118 cm³/mol. The average Bonchev–Trinajstić information content (AvgIpc) is 2.79. The minimum absolute atomic E-state index is 0.179. The van der Waals surface area contributed by atoms with Gasteiger partial charge in [-0.3, -0.25) is 4.79 Å². The van der Waals surface area contributed by atoms with E-state index in [2.05, 4.69) is 0 Å². The van der Waals surface area contributed by atoms with Crippen molar-refractivity contribution in [3.05, 3.63) is 65.2 Å². The summed E-state index contributed by atoms with van der Waals surface area (Å²) in [5, 5.41) is 0. The molecular formula is C26H31F3O3. The van der Waals surface area contributed by atoms with Gasteiger partial charge in [0.2, 0.25) is 0 Å². The maximum atomic E-state index is 13.4. The number of unbranched alkanes of at least 4 members (excludes halogenated alkanes) is 3. The summed E-state index contributed by atoms with van der Waals surface area (Å²) in [4.78, 5) is 12.7. The third kappa shape index (κ3) is 6.75. The molecule has 0 fully saturated rings. The lowest BCUT2D eigenvalue weighted by atomic mass is 9.82. The van der Waals surface area contributed by atoms with Crippen LogP contribution in [0.2, 0.25) is 0 Å². The van der Waals surface area contributed by atoms with Crippen LogP contribution in [0.25, 0.3) is 0 Å². The number of benzene rings is 2. The molecule has 174 valence electrons. The van der Waals surface area contributed by atoms with E-state index in [-0.39, 0.29) is 6.42 Å². The molecule has 0 spiro atoms. The molecule has 0 heterocycles. The van der Waals surface area contributed by atoms with Crippen molar-refractivity contribution in [2.24, 2.45) is 0 Å². The van der Waals surface area contributed by atoms with Gasteiger partial charge in [-0.2, -0.15) is 13.2 Å². The zero-order valence-corrected chi connectivity index (χ0v) is 18.5. The number of carbonyl (C=O) groups excluding carboxylic acids is 1. The molecule has 6 heteroatoms. The Morgan fingerprint density at radius 3 is 2.59 bits per heavy atom. The van der Waals surface area contributed by atoms with Gasteiger partial charge in [0.25, 0.3) is 0 Å². The van der Waals surface area contributed by atoms with E-state index in [4.69, 9.17) is 9.47 Å². The first-order valence-corrected chi connectivity index (χ1v) is 11.4. The van der Waals surface area contributed by atoms with Crippen LogP contribution in [0.4, 0.5) is 13.2 Å². The summed E-state index contributed by atoms with van der Waals surface area (Å²) in [5.41, 5.74) is 2.74. The second-order valence-corrected chi connectivity index (χ2v) is 8.40. The van der Waals surface area contributed by atoms with Gasteiger partial charge in [0, 0.05) is 0 Å². The second kappa shape index (κ2) is 11.4. The molecule has 3 nitrogen and oxygen atoms in total. The number of alkyl halides is 3. The monoisotopic (exact) mass is 448 g/mol.